The quantitative estimate of drug-likeness (QED) is 0.861. The first-order chi connectivity index (χ1) is 11.1. The van der Waals surface area contributed by atoms with Crippen LogP contribution in [0, 0.1) is 5.41 Å². The SMILES string of the molecule is CCCc1ccc(C(=O)N2CC[C@@]3(CCCN(C)C3=O)C2)cc1. The van der Waals surface area contributed by atoms with Crippen LogP contribution in [-0.4, -0.2) is 48.3 Å². The van der Waals surface area contributed by atoms with Crippen LogP contribution in [0.25, 0.3) is 0 Å². The lowest BCUT2D eigenvalue weighted by atomic mass is 9.78. The van der Waals surface area contributed by atoms with E-state index in [1.165, 1.54) is 5.56 Å². The van der Waals surface area contributed by atoms with Gasteiger partial charge in [0.2, 0.25) is 5.91 Å². The summed E-state index contributed by atoms with van der Waals surface area (Å²) in [5, 5.41) is 0. The number of piperidine rings is 1. The smallest absolute Gasteiger partial charge is 0.253 e. The van der Waals surface area contributed by atoms with E-state index in [0.717, 1.165) is 44.2 Å². The fraction of sp³-hybridized carbons (Fsp3) is 0.579. The number of carbonyl (C=O) groups is 2. The highest BCUT2D eigenvalue weighted by molar-refractivity contribution is 5.95. The van der Waals surface area contributed by atoms with Crippen molar-refractivity contribution in [1.82, 2.24) is 9.80 Å². The molecule has 23 heavy (non-hydrogen) atoms. The molecule has 0 N–H and O–H groups in total. The van der Waals surface area contributed by atoms with Gasteiger partial charge in [-0.3, -0.25) is 9.59 Å². The molecule has 0 aliphatic carbocycles. The molecule has 1 aromatic rings. The zero-order valence-electron chi connectivity index (χ0n) is 14.2. The molecule has 0 radical (unpaired) electrons. The molecule has 0 unspecified atom stereocenters. The molecule has 2 amide bonds. The Morgan fingerprint density at radius 3 is 2.61 bits per heavy atom. The average molecular weight is 314 g/mol. The molecule has 4 heteroatoms. The minimum Gasteiger partial charge on any atom is -0.345 e. The largest absolute Gasteiger partial charge is 0.345 e. The first-order valence-corrected chi connectivity index (χ1v) is 8.69. The number of aryl methyl sites for hydroxylation is 1. The third-order valence-electron chi connectivity index (χ3n) is 5.33. The summed E-state index contributed by atoms with van der Waals surface area (Å²) >= 11 is 0. The highest BCUT2D eigenvalue weighted by Gasteiger charge is 2.48. The monoisotopic (exact) mass is 314 g/mol. The minimum atomic E-state index is -0.329. The number of amides is 2. The summed E-state index contributed by atoms with van der Waals surface area (Å²) in [5.41, 5.74) is 1.68. The van der Waals surface area contributed by atoms with Gasteiger partial charge in [-0.25, -0.2) is 0 Å². The Kier molecular flexibility index (Phi) is 4.42. The number of hydrogen-bond donors (Lipinski definition) is 0. The lowest BCUT2D eigenvalue weighted by molar-refractivity contribution is -0.143. The second kappa shape index (κ2) is 6.34. The molecule has 124 valence electrons. The molecule has 2 aliphatic heterocycles. The Morgan fingerprint density at radius 1 is 1.17 bits per heavy atom. The fourth-order valence-corrected chi connectivity index (χ4v) is 3.98. The van der Waals surface area contributed by atoms with Crippen LogP contribution in [-0.2, 0) is 11.2 Å². The van der Waals surface area contributed by atoms with Crippen LogP contribution in [0.15, 0.2) is 24.3 Å². The normalized spacial score (nSPS) is 24.5. The highest BCUT2D eigenvalue weighted by atomic mass is 16.2. The van der Waals surface area contributed by atoms with Gasteiger partial charge in [0.1, 0.15) is 0 Å². The molecule has 0 saturated carbocycles. The molecule has 1 aromatic carbocycles. The lowest BCUT2D eigenvalue weighted by Crippen LogP contribution is -2.48. The van der Waals surface area contributed by atoms with Crippen molar-refractivity contribution < 1.29 is 9.59 Å². The Balaban J connectivity index is 1.71. The Hall–Kier alpha value is -1.84. The van der Waals surface area contributed by atoms with Crippen molar-refractivity contribution >= 4 is 11.8 Å². The fourth-order valence-electron chi connectivity index (χ4n) is 3.98. The summed E-state index contributed by atoms with van der Waals surface area (Å²) in [6.45, 7) is 4.26. The Morgan fingerprint density at radius 2 is 1.91 bits per heavy atom. The number of hydrogen-bond acceptors (Lipinski definition) is 2. The van der Waals surface area contributed by atoms with E-state index in [9.17, 15) is 9.59 Å². The molecule has 4 nitrogen and oxygen atoms in total. The van der Waals surface area contributed by atoms with Gasteiger partial charge in [0.15, 0.2) is 0 Å². The van der Waals surface area contributed by atoms with Gasteiger partial charge in [0.25, 0.3) is 5.91 Å². The minimum absolute atomic E-state index is 0.0611. The molecule has 2 heterocycles. The van der Waals surface area contributed by atoms with Crippen LogP contribution in [0.1, 0.15) is 48.5 Å². The van der Waals surface area contributed by atoms with E-state index < -0.39 is 0 Å². The summed E-state index contributed by atoms with van der Waals surface area (Å²) in [6, 6.07) is 7.94. The van der Waals surface area contributed by atoms with Gasteiger partial charge in [0, 0.05) is 32.2 Å². The first-order valence-electron chi connectivity index (χ1n) is 8.69. The van der Waals surface area contributed by atoms with E-state index in [-0.39, 0.29) is 17.2 Å². The number of rotatable bonds is 3. The summed E-state index contributed by atoms with van der Waals surface area (Å²) in [5.74, 6) is 0.281. The summed E-state index contributed by atoms with van der Waals surface area (Å²) in [7, 11) is 1.88. The average Bonchev–Trinajstić information content (AvgIpc) is 2.98. The third kappa shape index (κ3) is 2.99. The maximum absolute atomic E-state index is 12.7. The number of benzene rings is 1. The van der Waals surface area contributed by atoms with Crippen LogP contribution in [0.3, 0.4) is 0 Å². The van der Waals surface area contributed by atoms with Gasteiger partial charge in [0.05, 0.1) is 5.41 Å². The predicted octanol–water partition coefficient (Wildman–Crippen LogP) is 2.72. The molecule has 2 saturated heterocycles. The van der Waals surface area contributed by atoms with Crippen molar-refractivity contribution in [3.8, 4) is 0 Å². The van der Waals surface area contributed by atoms with Crippen molar-refractivity contribution in [2.75, 3.05) is 26.7 Å². The van der Waals surface area contributed by atoms with E-state index in [0.29, 0.717) is 13.1 Å². The summed E-state index contributed by atoms with van der Waals surface area (Å²) in [4.78, 5) is 29.0. The van der Waals surface area contributed by atoms with Gasteiger partial charge < -0.3 is 9.80 Å². The van der Waals surface area contributed by atoms with E-state index in [2.05, 4.69) is 6.92 Å². The molecule has 2 fully saturated rings. The molecule has 2 aliphatic rings. The van der Waals surface area contributed by atoms with Crippen molar-refractivity contribution in [2.24, 2.45) is 5.41 Å². The van der Waals surface area contributed by atoms with Crippen LogP contribution in [0.2, 0.25) is 0 Å². The number of nitrogens with zero attached hydrogens (tertiary/aromatic N) is 2. The maximum Gasteiger partial charge on any atom is 0.253 e. The third-order valence-corrected chi connectivity index (χ3v) is 5.33. The standard InChI is InChI=1S/C19H26N2O2/c1-3-5-15-6-8-16(9-7-15)17(22)21-13-11-19(14-21)10-4-12-20(2)18(19)23/h6-9H,3-5,10-14H2,1-2H3/t19-/m0/s1. The van der Waals surface area contributed by atoms with Crippen LogP contribution >= 0.6 is 0 Å². The highest BCUT2D eigenvalue weighted by Crippen LogP contribution is 2.40. The van der Waals surface area contributed by atoms with E-state index in [4.69, 9.17) is 0 Å². The van der Waals surface area contributed by atoms with Gasteiger partial charge in [-0.1, -0.05) is 25.5 Å². The van der Waals surface area contributed by atoms with Crippen LogP contribution < -0.4 is 0 Å². The van der Waals surface area contributed by atoms with Crippen molar-refractivity contribution in [2.45, 2.75) is 39.0 Å². The predicted molar refractivity (Wildman–Crippen MR) is 90.3 cm³/mol. The second-order valence-corrected chi connectivity index (χ2v) is 7.03. The van der Waals surface area contributed by atoms with Gasteiger partial charge >= 0.3 is 0 Å². The number of carbonyl (C=O) groups excluding carboxylic acids is 2. The maximum atomic E-state index is 12.7. The van der Waals surface area contributed by atoms with E-state index >= 15 is 0 Å². The summed E-state index contributed by atoms with van der Waals surface area (Å²) in [6.07, 6.45) is 4.90. The topological polar surface area (TPSA) is 40.6 Å². The van der Waals surface area contributed by atoms with Crippen LogP contribution in [0.4, 0.5) is 0 Å². The first kappa shape index (κ1) is 16.0. The molecule has 3 rings (SSSR count). The molecule has 0 aromatic heterocycles. The van der Waals surface area contributed by atoms with Gasteiger partial charge in [-0.15, -0.1) is 0 Å². The Labute approximate surface area is 138 Å². The van der Waals surface area contributed by atoms with Crippen molar-refractivity contribution in [1.29, 1.82) is 0 Å². The zero-order chi connectivity index (χ0) is 16.4. The van der Waals surface area contributed by atoms with Gasteiger partial charge in [-0.2, -0.15) is 0 Å². The zero-order valence-corrected chi connectivity index (χ0v) is 14.2. The van der Waals surface area contributed by atoms with E-state index in [1.807, 2.05) is 41.1 Å². The van der Waals surface area contributed by atoms with Crippen LogP contribution in [0.5, 0.6) is 0 Å². The van der Waals surface area contributed by atoms with Gasteiger partial charge in [-0.05, 0) is 43.4 Å². The van der Waals surface area contributed by atoms with Crippen molar-refractivity contribution in [3.63, 3.8) is 0 Å². The Bertz CT molecular complexity index is 596. The molecule has 1 spiro atoms. The summed E-state index contributed by atoms with van der Waals surface area (Å²) < 4.78 is 0. The molecular formula is C19H26N2O2. The molecule has 1 atom stereocenters. The molecular weight excluding hydrogens is 288 g/mol. The second-order valence-electron chi connectivity index (χ2n) is 7.03. The number of likely N-dealkylation sites (tertiary alicyclic amines) is 2. The van der Waals surface area contributed by atoms with Crippen molar-refractivity contribution in [3.05, 3.63) is 35.4 Å². The molecule has 0 bridgehead atoms. The lowest BCUT2D eigenvalue weighted by Gasteiger charge is -2.37. The van der Waals surface area contributed by atoms with E-state index in [1.54, 1.807) is 0 Å².